The molecule has 4 rings (SSSR count). The number of primary amides is 1. The van der Waals surface area contributed by atoms with E-state index >= 15 is 0 Å². The Morgan fingerprint density at radius 1 is 1.16 bits per heavy atom. The average molecular weight is 513 g/mol. The van der Waals surface area contributed by atoms with Gasteiger partial charge in [0.05, 0.1) is 11.6 Å². The Hall–Kier alpha value is -3.17. The SMILES string of the molecule is CCC(CC)CCc1ccc(O)c2c1C[C@@H]1C[C@@H]3[C@@H](N(C)C)C(=O)C(C(N)=O)=C(O)[C@]3(O)C(=O)C1=C2O. The molecule has 1 aromatic rings. The number of ketones is 2. The predicted octanol–water partition coefficient (Wildman–Crippen LogP) is 2.33. The standard InChI is InChI=1S/C28H36N2O7/c1-5-13(6-2)7-8-14-9-10-18(31)20-16(14)11-15-12-17-22(30(3)4)24(33)21(27(29)36)26(35)28(17,37)25(34)19(15)23(20)32/h9-10,13,15,17,22,31-32,35,37H,5-8,11-12H2,1-4H3,(H2,29,36)/t15-,17-,22-,28-/m1/s1. The number of likely N-dealkylation sites (N-methyl/N-ethyl adjacent to an activating group) is 1. The third-order valence-electron chi connectivity index (χ3n) is 8.68. The lowest BCUT2D eigenvalue weighted by molar-refractivity contribution is -0.153. The van der Waals surface area contributed by atoms with Gasteiger partial charge >= 0.3 is 0 Å². The van der Waals surface area contributed by atoms with Crippen molar-refractivity contribution in [2.75, 3.05) is 14.1 Å². The van der Waals surface area contributed by atoms with Crippen LogP contribution in [-0.2, 0) is 27.2 Å². The molecule has 200 valence electrons. The second kappa shape index (κ2) is 9.61. The summed E-state index contributed by atoms with van der Waals surface area (Å²) < 4.78 is 0. The van der Waals surface area contributed by atoms with E-state index in [1.54, 1.807) is 14.1 Å². The molecule has 0 unspecified atom stereocenters. The van der Waals surface area contributed by atoms with E-state index in [2.05, 4.69) is 13.8 Å². The minimum atomic E-state index is -2.62. The molecular formula is C28H36N2O7. The van der Waals surface area contributed by atoms with Gasteiger partial charge in [-0.3, -0.25) is 19.3 Å². The molecule has 3 aliphatic rings. The molecule has 0 aromatic heterocycles. The zero-order valence-corrected chi connectivity index (χ0v) is 21.7. The van der Waals surface area contributed by atoms with E-state index in [0.29, 0.717) is 12.3 Å². The number of aliphatic hydroxyl groups is 3. The van der Waals surface area contributed by atoms with E-state index in [-0.39, 0.29) is 23.3 Å². The number of Topliss-reactive ketones (excluding diaryl/α,β-unsaturated/α-hetero) is 2. The molecule has 0 aliphatic heterocycles. The Kier molecular flexibility index (Phi) is 6.98. The molecule has 1 fully saturated rings. The zero-order chi connectivity index (χ0) is 27.4. The minimum absolute atomic E-state index is 0.0907. The molecule has 1 aromatic carbocycles. The van der Waals surface area contributed by atoms with Crippen LogP contribution in [0.3, 0.4) is 0 Å². The molecule has 0 bridgehead atoms. The Labute approximate surface area is 216 Å². The van der Waals surface area contributed by atoms with Gasteiger partial charge in [-0.15, -0.1) is 0 Å². The number of nitrogens with zero attached hydrogens (tertiary/aromatic N) is 1. The number of hydrogen-bond donors (Lipinski definition) is 5. The number of phenolic OH excluding ortho intramolecular Hbond substituents is 1. The fourth-order valence-corrected chi connectivity index (χ4v) is 6.60. The summed E-state index contributed by atoms with van der Waals surface area (Å²) in [5.41, 5.74) is 3.67. The molecule has 4 atom stereocenters. The molecule has 0 heterocycles. The summed E-state index contributed by atoms with van der Waals surface area (Å²) in [6, 6.07) is 2.25. The summed E-state index contributed by atoms with van der Waals surface area (Å²) >= 11 is 0. The van der Waals surface area contributed by atoms with E-state index in [4.69, 9.17) is 5.73 Å². The highest BCUT2D eigenvalue weighted by Gasteiger charge is 2.64. The minimum Gasteiger partial charge on any atom is -0.508 e. The molecule has 0 spiro atoms. The van der Waals surface area contributed by atoms with Gasteiger partial charge in [0.15, 0.2) is 11.4 Å². The van der Waals surface area contributed by atoms with Crippen molar-refractivity contribution in [3.8, 4) is 5.75 Å². The van der Waals surface area contributed by atoms with Crippen LogP contribution in [0.15, 0.2) is 29.0 Å². The van der Waals surface area contributed by atoms with Crippen molar-refractivity contribution in [1.29, 1.82) is 0 Å². The predicted molar refractivity (Wildman–Crippen MR) is 137 cm³/mol. The summed E-state index contributed by atoms with van der Waals surface area (Å²) in [5.74, 6) is -5.79. The maximum Gasteiger partial charge on any atom is 0.255 e. The lowest BCUT2D eigenvalue weighted by atomic mass is 9.57. The number of rotatable bonds is 7. The second-order valence-corrected chi connectivity index (χ2v) is 10.8. The van der Waals surface area contributed by atoms with Crippen molar-refractivity contribution < 1.29 is 34.8 Å². The third kappa shape index (κ3) is 3.95. The first-order valence-electron chi connectivity index (χ1n) is 12.9. The van der Waals surface area contributed by atoms with Crippen LogP contribution in [-0.4, -0.2) is 68.5 Å². The summed E-state index contributed by atoms with van der Waals surface area (Å²) in [4.78, 5) is 40.6. The molecule has 0 radical (unpaired) electrons. The molecule has 9 nitrogen and oxygen atoms in total. The van der Waals surface area contributed by atoms with Crippen LogP contribution in [0.25, 0.3) is 5.76 Å². The van der Waals surface area contributed by atoms with Crippen LogP contribution in [0.2, 0.25) is 0 Å². The maximum absolute atomic E-state index is 13.9. The second-order valence-electron chi connectivity index (χ2n) is 10.8. The molecular weight excluding hydrogens is 476 g/mol. The topological polar surface area (TPSA) is 161 Å². The number of amides is 1. The number of carbonyl (C=O) groups is 3. The van der Waals surface area contributed by atoms with Crippen molar-refractivity contribution in [2.45, 2.75) is 64.0 Å². The molecule has 0 saturated heterocycles. The fraction of sp³-hybridized carbons (Fsp3) is 0.536. The van der Waals surface area contributed by atoms with Crippen LogP contribution in [0.1, 0.15) is 56.2 Å². The molecule has 1 saturated carbocycles. The van der Waals surface area contributed by atoms with E-state index in [9.17, 15) is 34.8 Å². The van der Waals surface area contributed by atoms with Gasteiger partial charge in [-0.1, -0.05) is 32.8 Å². The van der Waals surface area contributed by atoms with Crippen LogP contribution >= 0.6 is 0 Å². The summed E-state index contributed by atoms with van der Waals surface area (Å²) in [5, 5.41) is 44.5. The highest BCUT2D eigenvalue weighted by Crippen LogP contribution is 2.53. The Morgan fingerprint density at radius 3 is 2.38 bits per heavy atom. The quantitative estimate of drug-likeness (QED) is 0.348. The van der Waals surface area contributed by atoms with Crippen molar-refractivity contribution in [3.63, 3.8) is 0 Å². The molecule has 9 heteroatoms. The largest absolute Gasteiger partial charge is 0.508 e. The molecule has 3 aliphatic carbocycles. The average Bonchev–Trinajstić information content (AvgIpc) is 2.82. The van der Waals surface area contributed by atoms with Gasteiger partial charge in [0.2, 0.25) is 5.78 Å². The Morgan fingerprint density at radius 2 is 1.81 bits per heavy atom. The summed E-state index contributed by atoms with van der Waals surface area (Å²) in [7, 11) is 3.17. The Bertz CT molecular complexity index is 1230. The van der Waals surface area contributed by atoms with Crippen LogP contribution in [0.4, 0.5) is 0 Å². The van der Waals surface area contributed by atoms with Gasteiger partial charge in [0.1, 0.15) is 22.8 Å². The number of aryl methyl sites for hydroxylation is 1. The van der Waals surface area contributed by atoms with E-state index in [1.807, 2.05) is 6.07 Å². The maximum atomic E-state index is 13.9. The number of fused-ring (bicyclic) bond motifs is 3. The monoisotopic (exact) mass is 512 g/mol. The number of carbonyl (C=O) groups excluding carboxylic acids is 3. The van der Waals surface area contributed by atoms with Crippen LogP contribution < -0.4 is 5.73 Å². The molecule has 1 amide bonds. The highest BCUT2D eigenvalue weighted by atomic mass is 16.3. The van der Waals surface area contributed by atoms with Crippen LogP contribution in [0, 0.1) is 17.8 Å². The number of nitrogens with two attached hydrogens (primary N) is 1. The van der Waals surface area contributed by atoms with Gasteiger partial charge in [-0.25, -0.2) is 0 Å². The lowest BCUT2D eigenvalue weighted by Gasteiger charge is -2.50. The zero-order valence-electron chi connectivity index (χ0n) is 21.7. The van der Waals surface area contributed by atoms with E-state index < -0.39 is 58.0 Å². The number of phenols is 1. The molecule has 37 heavy (non-hydrogen) atoms. The molecule has 6 N–H and O–H groups in total. The summed E-state index contributed by atoms with van der Waals surface area (Å²) in [6.45, 7) is 4.30. The summed E-state index contributed by atoms with van der Waals surface area (Å²) in [6.07, 6.45) is 4.20. The van der Waals surface area contributed by atoms with Crippen molar-refractivity contribution in [3.05, 3.63) is 45.7 Å². The third-order valence-corrected chi connectivity index (χ3v) is 8.68. The first-order valence-corrected chi connectivity index (χ1v) is 12.9. The van der Waals surface area contributed by atoms with Crippen molar-refractivity contribution in [1.82, 2.24) is 4.90 Å². The van der Waals surface area contributed by atoms with E-state index in [0.717, 1.165) is 36.8 Å². The first kappa shape index (κ1) is 26.9. The van der Waals surface area contributed by atoms with Gasteiger partial charge in [0.25, 0.3) is 5.91 Å². The first-order chi connectivity index (χ1) is 17.4. The normalized spacial score (nSPS) is 27.5. The smallest absolute Gasteiger partial charge is 0.255 e. The number of aliphatic hydroxyl groups excluding tert-OH is 2. The van der Waals surface area contributed by atoms with E-state index in [1.165, 1.54) is 11.0 Å². The van der Waals surface area contributed by atoms with Gasteiger partial charge < -0.3 is 26.2 Å². The van der Waals surface area contributed by atoms with Gasteiger partial charge in [0, 0.05) is 11.5 Å². The van der Waals surface area contributed by atoms with Gasteiger partial charge in [-0.05, 0) is 68.8 Å². The number of benzene rings is 1. The van der Waals surface area contributed by atoms with Crippen molar-refractivity contribution in [2.24, 2.45) is 23.5 Å². The number of hydrogen-bond acceptors (Lipinski definition) is 8. The lowest BCUT2D eigenvalue weighted by Crippen LogP contribution is -2.65. The number of aromatic hydroxyl groups is 1. The van der Waals surface area contributed by atoms with Crippen LogP contribution in [0.5, 0.6) is 5.75 Å². The van der Waals surface area contributed by atoms with Crippen molar-refractivity contribution >= 4 is 23.2 Å². The fourth-order valence-electron chi connectivity index (χ4n) is 6.60. The van der Waals surface area contributed by atoms with Gasteiger partial charge in [-0.2, -0.15) is 0 Å². The Balaban J connectivity index is 1.87. The highest BCUT2D eigenvalue weighted by molar-refractivity contribution is 6.24.